The quantitative estimate of drug-likeness (QED) is 0.390. The molecule has 0 atom stereocenters. The Morgan fingerprint density at radius 1 is 1.11 bits per heavy atom. The Morgan fingerprint density at radius 3 is 2.00 bits per heavy atom. The van der Waals surface area contributed by atoms with E-state index < -0.39 is 14.7 Å². The van der Waals surface area contributed by atoms with Crippen molar-refractivity contribution in [1.82, 2.24) is 0 Å². The van der Waals surface area contributed by atoms with E-state index in [1.165, 1.54) is 0 Å². The van der Waals surface area contributed by atoms with Crippen molar-refractivity contribution in [3.63, 3.8) is 0 Å². The zero-order chi connectivity index (χ0) is 13.9. The Labute approximate surface area is 110 Å². The molecular formula is C12H23NO4Si. The molecule has 0 aliphatic heterocycles. The summed E-state index contributed by atoms with van der Waals surface area (Å²) in [5.41, 5.74) is 4.93. The Hall–Kier alpha value is -0.873. The van der Waals surface area contributed by atoms with Gasteiger partial charge < -0.3 is 19.0 Å². The Kier molecular flexibility index (Phi) is 9.60. The molecule has 0 saturated carbocycles. The molecule has 0 radical (unpaired) electrons. The molecule has 0 spiro atoms. The van der Waals surface area contributed by atoms with Gasteiger partial charge in [-0.05, 0) is 33.1 Å². The van der Waals surface area contributed by atoms with Crippen LogP contribution < -0.4 is 5.73 Å². The topological polar surface area (TPSA) is 70.8 Å². The number of carbonyl (C=O) groups excluding carboxylic acids is 1. The van der Waals surface area contributed by atoms with Gasteiger partial charge in [0.2, 0.25) is 0 Å². The highest BCUT2D eigenvalue weighted by Crippen LogP contribution is 2.18. The molecule has 104 valence electrons. The SMILES string of the molecule is CCO[Si](CCCC#CC(N)=O)(OCC)OCC. The average molecular weight is 273 g/mol. The molecule has 0 unspecified atom stereocenters. The molecule has 0 heterocycles. The maximum Gasteiger partial charge on any atom is 0.500 e. The van der Waals surface area contributed by atoms with E-state index in [0.29, 0.717) is 32.3 Å². The average Bonchev–Trinajstić information content (AvgIpc) is 2.29. The second kappa shape index (κ2) is 10.1. The van der Waals surface area contributed by atoms with Gasteiger partial charge in [-0.2, -0.15) is 0 Å². The molecule has 2 N–H and O–H groups in total. The summed E-state index contributed by atoms with van der Waals surface area (Å²) in [4.78, 5) is 10.5. The molecule has 18 heavy (non-hydrogen) atoms. The van der Waals surface area contributed by atoms with Crippen molar-refractivity contribution in [2.45, 2.75) is 39.7 Å². The summed E-state index contributed by atoms with van der Waals surface area (Å²) in [6, 6.07) is 0.704. The van der Waals surface area contributed by atoms with Crippen molar-refractivity contribution in [2.75, 3.05) is 19.8 Å². The maximum atomic E-state index is 10.5. The first-order valence-corrected chi connectivity index (χ1v) is 8.23. The van der Waals surface area contributed by atoms with Crippen molar-refractivity contribution >= 4 is 14.7 Å². The van der Waals surface area contributed by atoms with Crippen LogP contribution in [0.2, 0.25) is 6.04 Å². The molecule has 0 aromatic heterocycles. The predicted octanol–water partition coefficient (Wildman–Crippen LogP) is 1.30. The monoisotopic (exact) mass is 273 g/mol. The Morgan fingerprint density at radius 2 is 1.61 bits per heavy atom. The Balaban J connectivity index is 4.30. The zero-order valence-corrected chi connectivity index (χ0v) is 12.5. The molecule has 0 rings (SSSR count). The first kappa shape index (κ1) is 17.1. The van der Waals surface area contributed by atoms with Crippen LogP contribution in [0, 0.1) is 11.8 Å². The molecule has 6 heteroatoms. The summed E-state index contributed by atoms with van der Waals surface area (Å²) in [5.74, 6) is 4.43. The Bertz CT molecular complexity index is 281. The molecule has 0 aliphatic carbocycles. The van der Waals surface area contributed by atoms with Gasteiger partial charge in [-0.15, -0.1) is 0 Å². The lowest BCUT2D eigenvalue weighted by atomic mass is 10.3. The van der Waals surface area contributed by atoms with Crippen LogP contribution in [0.1, 0.15) is 33.6 Å². The van der Waals surface area contributed by atoms with Crippen molar-refractivity contribution < 1.29 is 18.1 Å². The van der Waals surface area contributed by atoms with E-state index in [-0.39, 0.29) is 0 Å². The molecule has 0 saturated heterocycles. The van der Waals surface area contributed by atoms with Crippen LogP contribution in [0.25, 0.3) is 0 Å². The van der Waals surface area contributed by atoms with E-state index in [1.54, 1.807) is 0 Å². The minimum atomic E-state index is -2.56. The number of rotatable bonds is 9. The summed E-state index contributed by atoms with van der Waals surface area (Å²) in [7, 11) is -2.56. The lowest BCUT2D eigenvalue weighted by molar-refractivity contribution is -0.112. The summed E-state index contributed by atoms with van der Waals surface area (Å²) in [6.45, 7) is 7.48. The van der Waals surface area contributed by atoms with Crippen LogP contribution in [-0.2, 0) is 18.1 Å². The van der Waals surface area contributed by atoms with Crippen LogP contribution in [-0.4, -0.2) is 34.5 Å². The van der Waals surface area contributed by atoms with E-state index in [1.807, 2.05) is 20.8 Å². The van der Waals surface area contributed by atoms with Crippen LogP contribution >= 0.6 is 0 Å². The smallest absolute Gasteiger partial charge is 0.374 e. The van der Waals surface area contributed by atoms with Gasteiger partial charge in [0.1, 0.15) is 0 Å². The van der Waals surface area contributed by atoms with Gasteiger partial charge in [-0.3, -0.25) is 4.79 Å². The van der Waals surface area contributed by atoms with E-state index in [2.05, 4.69) is 11.8 Å². The van der Waals surface area contributed by atoms with Gasteiger partial charge in [0.05, 0.1) is 0 Å². The third-order valence-electron chi connectivity index (χ3n) is 2.09. The minimum Gasteiger partial charge on any atom is -0.374 e. The third-order valence-corrected chi connectivity index (χ3v) is 5.24. The fourth-order valence-electron chi connectivity index (χ4n) is 1.54. The van der Waals surface area contributed by atoms with Gasteiger partial charge in [-0.25, -0.2) is 0 Å². The van der Waals surface area contributed by atoms with Gasteiger partial charge in [0.15, 0.2) is 0 Å². The van der Waals surface area contributed by atoms with Crippen LogP contribution in [0.4, 0.5) is 0 Å². The van der Waals surface area contributed by atoms with E-state index in [0.717, 1.165) is 6.42 Å². The molecule has 0 bridgehead atoms. The number of amides is 1. The van der Waals surface area contributed by atoms with Gasteiger partial charge in [-0.1, -0.05) is 5.92 Å². The zero-order valence-electron chi connectivity index (χ0n) is 11.5. The van der Waals surface area contributed by atoms with Crippen LogP contribution in [0.3, 0.4) is 0 Å². The molecule has 0 fully saturated rings. The number of primary amides is 1. The minimum absolute atomic E-state index is 0.569. The summed E-state index contributed by atoms with van der Waals surface area (Å²) in [5, 5.41) is 0. The molecule has 0 aromatic rings. The molecule has 0 aromatic carbocycles. The van der Waals surface area contributed by atoms with E-state index in [9.17, 15) is 4.79 Å². The van der Waals surface area contributed by atoms with E-state index >= 15 is 0 Å². The van der Waals surface area contributed by atoms with Gasteiger partial charge in [0, 0.05) is 32.3 Å². The molecular weight excluding hydrogens is 250 g/mol. The number of carbonyl (C=O) groups is 1. The van der Waals surface area contributed by atoms with Gasteiger partial charge in [0.25, 0.3) is 5.91 Å². The first-order valence-electron chi connectivity index (χ1n) is 6.30. The van der Waals surface area contributed by atoms with Crippen molar-refractivity contribution in [2.24, 2.45) is 5.73 Å². The largest absolute Gasteiger partial charge is 0.500 e. The standard InChI is InChI=1S/C12H23NO4Si/c1-4-15-18(16-5-2,17-6-3)11-9-7-8-10-12(13)14/h4-7,9,11H2,1-3H3,(H2,13,14). The predicted molar refractivity (Wildman–Crippen MR) is 71.6 cm³/mol. The second-order valence-electron chi connectivity index (χ2n) is 3.50. The fraction of sp³-hybridized carbons (Fsp3) is 0.750. The van der Waals surface area contributed by atoms with Crippen molar-refractivity contribution in [3.05, 3.63) is 0 Å². The molecule has 5 nitrogen and oxygen atoms in total. The van der Waals surface area contributed by atoms with Gasteiger partial charge >= 0.3 is 8.80 Å². The molecule has 1 amide bonds. The fourth-order valence-corrected chi connectivity index (χ4v) is 4.16. The summed E-state index contributed by atoms with van der Waals surface area (Å²) in [6.07, 6.45) is 1.36. The number of unbranched alkanes of at least 4 members (excludes halogenated alkanes) is 1. The summed E-state index contributed by atoms with van der Waals surface area (Å²) < 4.78 is 17.1. The highest BCUT2D eigenvalue weighted by Gasteiger charge is 2.39. The highest BCUT2D eigenvalue weighted by molar-refractivity contribution is 6.60. The first-order chi connectivity index (χ1) is 8.60. The number of nitrogens with two attached hydrogens (primary N) is 1. The van der Waals surface area contributed by atoms with Crippen LogP contribution in [0.15, 0.2) is 0 Å². The summed E-state index contributed by atoms with van der Waals surface area (Å²) >= 11 is 0. The lowest BCUT2D eigenvalue weighted by Gasteiger charge is -2.28. The molecule has 0 aliphatic rings. The second-order valence-corrected chi connectivity index (χ2v) is 6.23. The van der Waals surface area contributed by atoms with Crippen molar-refractivity contribution in [3.8, 4) is 11.8 Å². The maximum absolute atomic E-state index is 10.5. The van der Waals surface area contributed by atoms with E-state index in [4.69, 9.17) is 19.0 Å². The number of hydrogen-bond donors (Lipinski definition) is 1. The third kappa shape index (κ3) is 7.45. The van der Waals surface area contributed by atoms with Crippen molar-refractivity contribution in [1.29, 1.82) is 0 Å². The highest BCUT2D eigenvalue weighted by atomic mass is 28.4. The van der Waals surface area contributed by atoms with Crippen LogP contribution in [0.5, 0.6) is 0 Å². The lowest BCUT2D eigenvalue weighted by Crippen LogP contribution is -2.45. The normalized spacial score (nSPS) is 10.8. The number of hydrogen-bond acceptors (Lipinski definition) is 4.